The summed E-state index contributed by atoms with van der Waals surface area (Å²) in [5, 5.41) is 0. The van der Waals surface area contributed by atoms with Crippen molar-refractivity contribution >= 4 is 27.4 Å². The van der Waals surface area contributed by atoms with Crippen molar-refractivity contribution in [1.82, 2.24) is 4.98 Å². The monoisotopic (exact) mass is 321 g/mol. The van der Waals surface area contributed by atoms with Gasteiger partial charge in [-0.15, -0.1) is 0 Å². The normalized spacial score (nSPS) is 14.3. The highest BCUT2D eigenvalue weighted by molar-refractivity contribution is 9.10. The van der Waals surface area contributed by atoms with Crippen molar-refractivity contribution in [1.29, 1.82) is 0 Å². The zero-order chi connectivity index (χ0) is 13.4. The van der Waals surface area contributed by atoms with Gasteiger partial charge in [0, 0.05) is 29.4 Å². The Morgan fingerprint density at radius 3 is 2.89 bits per heavy atom. The van der Waals surface area contributed by atoms with Gasteiger partial charge in [0.2, 0.25) is 0 Å². The number of nitrogens with zero attached hydrogens (tertiary/aromatic N) is 2. The van der Waals surface area contributed by atoms with Crippen molar-refractivity contribution in [2.24, 2.45) is 0 Å². The van der Waals surface area contributed by atoms with E-state index in [1.165, 1.54) is 11.6 Å². The molecule has 0 spiro atoms. The SMILES string of the molecule is Nc1ccc2c(c1)CN(c1ncc(Br)cc1F)CC2. The van der Waals surface area contributed by atoms with E-state index < -0.39 is 0 Å². The van der Waals surface area contributed by atoms with Crippen molar-refractivity contribution in [2.45, 2.75) is 13.0 Å². The molecule has 1 aromatic heterocycles. The minimum Gasteiger partial charge on any atom is -0.399 e. The Morgan fingerprint density at radius 1 is 1.26 bits per heavy atom. The third kappa shape index (κ3) is 2.42. The Balaban J connectivity index is 1.93. The summed E-state index contributed by atoms with van der Waals surface area (Å²) in [7, 11) is 0. The van der Waals surface area contributed by atoms with Gasteiger partial charge < -0.3 is 10.6 Å². The molecule has 98 valence electrons. The predicted molar refractivity (Wildman–Crippen MR) is 77.5 cm³/mol. The number of halogens is 2. The third-order valence-corrected chi connectivity index (χ3v) is 3.76. The lowest BCUT2D eigenvalue weighted by molar-refractivity contribution is 0.600. The molecule has 0 aliphatic carbocycles. The lowest BCUT2D eigenvalue weighted by Gasteiger charge is -2.30. The maximum Gasteiger partial charge on any atom is 0.166 e. The second-order valence-electron chi connectivity index (χ2n) is 4.66. The fraction of sp³-hybridized carbons (Fsp3) is 0.214. The van der Waals surface area contributed by atoms with Crippen LogP contribution in [-0.2, 0) is 13.0 Å². The summed E-state index contributed by atoms with van der Waals surface area (Å²) in [5.74, 6) is 0.0954. The van der Waals surface area contributed by atoms with Gasteiger partial charge in [-0.3, -0.25) is 0 Å². The summed E-state index contributed by atoms with van der Waals surface area (Å²) in [4.78, 5) is 6.12. The molecule has 3 nitrogen and oxygen atoms in total. The zero-order valence-electron chi connectivity index (χ0n) is 10.2. The molecule has 2 N–H and O–H groups in total. The van der Waals surface area contributed by atoms with Crippen LogP contribution in [0.4, 0.5) is 15.9 Å². The van der Waals surface area contributed by atoms with Gasteiger partial charge in [-0.05, 0) is 51.7 Å². The number of hydrogen-bond donors (Lipinski definition) is 1. The Morgan fingerprint density at radius 2 is 2.11 bits per heavy atom. The van der Waals surface area contributed by atoms with Crippen LogP contribution in [0.15, 0.2) is 34.9 Å². The quantitative estimate of drug-likeness (QED) is 0.820. The number of fused-ring (bicyclic) bond motifs is 1. The van der Waals surface area contributed by atoms with Crippen molar-refractivity contribution in [3.8, 4) is 0 Å². The Labute approximate surface area is 119 Å². The number of pyridine rings is 1. The van der Waals surface area contributed by atoms with Gasteiger partial charge in [-0.25, -0.2) is 9.37 Å². The predicted octanol–water partition coefficient (Wildman–Crippen LogP) is 3.13. The first kappa shape index (κ1) is 12.4. The molecular formula is C14H13BrFN3. The van der Waals surface area contributed by atoms with Gasteiger partial charge in [0.15, 0.2) is 11.6 Å². The third-order valence-electron chi connectivity index (χ3n) is 3.33. The molecule has 2 aromatic rings. The first-order valence-electron chi connectivity index (χ1n) is 6.07. The Hall–Kier alpha value is -1.62. The molecule has 0 bridgehead atoms. The first-order valence-corrected chi connectivity index (χ1v) is 6.86. The summed E-state index contributed by atoms with van der Waals surface area (Å²) in [5.41, 5.74) is 8.97. The molecule has 19 heavy (non-hydrogen) atoms. The highest BCUT2D eigenvalue weighted by Crippen LogP contribution is 2.27. The molecular weight excluding hydrogens is 309 g/mol. The van der Waals surface area contributed by atoms with Gasteiger partial charge in [-0.2, -0.15) is 0 Å². The average Bonchev–Trinajstić information content (AvgIpc) is 2.38. The summed E-state index contributed by atoms with van der Waals surface area (Å²) in [6, 6.07) is 7.36. The fourth-order valence-electron chi connectivity index (χ4n) is 2.40. The van der Waals surface area contributed by atoms with E-state index in [4.69, 9.17) is 5.73 Å². The van der Waals surface area contributed by atoms with E-state index in [1.54, 1.807) is 6.20 Å². The van der Waals surface area contributed by atoms with E-state index in [1.807, 2.05) is 23.1 Å². The molecule has 0 saturated carbocycles. The van der Waals surface area contributed by atoms with E-state index in [9.17, 15) is 4.39 Å². The van der Waals surface area contributed by atoms with Crippen LogP contribution in [-0.4, -0.2) is 11.5 Å². The fourth-order valence-corrected chi connectivity index (χ4v) is 2.70. The molecule has 0 atom stereocenters. The van der Waals surface area contributed by atoms with Crippen LogP contribution in [0.1, 0.15) is 11.1 Å². The second-order valence-corrected chi connectivity index (χ2v) is 5.57. The maximum absolute atomic E-state index is 13.9. The molecule has 1 aliphatic rings. The van der Waals surface area contributed by atoms with Gasteiger partial charge in [0.25, 0.3) is 0 Å². The number of rotatable bonds is 1. The van der Waals surface area contributed by atoms with E-state index in [-0.39, 0.29) is 5.82 Å². The highest BCUT2D eigenvalue weighted by atomic mass is 79.9. The molecule has 5 heteroatoms. The first-order chi connectivity index (χ1) is 9.13. The minimum atomic E-state index is -0.304. The maximum atomic E-state index is 13.9. The smallest absolute Gasteiger partial charge is 0.166 e. The number of benzene rings is 1. The van der Waals surface area contributed by atoms with Crippen LogP contribution in [0.25, 0.3) is 0 Å². The van der Waals surface area contributed by atoms with Crippen LogP contribution in [0, 0.1) is 5.82 Å². The summed E-state index contributed by atoms with van der Waals surface area (Å²) >= 11 is 3.22. The molecule has 0 fully saturated rings. The average molecular weight is 322 g/mol. The van der Waals surface area contributed by atoms with Gasteiger partial charge in [-0.1, -0.05) is 6.07 Å². The van der Waals surface area contributed by atoms with Crippen LogP contribution in [0.3, 0.4) is 0 Å². The van der Waals surface area contributed by atoms with Gasteiger partial charge in [0.1, 0.15) is 0 Å². The summed E-state index contributed by atoms with van der Waals surface area (Å²) in [6.45, 7) is 1.41. The van der Waals surface area contributed by atoms with E-state index in [2.05, 4.69) is 20.9 Å². The molecule has 0 unspecified atom stereocenters. The van der Waals surface area contributed by atoms with E-state index in [0.717, 1.165) is 24.2 Å². The lowest BCUT2D eigenvalue weighted by Crippen LogP contribution is -2.31. The number of nitrogen functional groups attached to an aromatic ring is 1. The topological polar surface area (TPSA) is 42.1 Å². The molecule has 1 aromatic carbocycles. The van der Waals surface area contributed by atoms with Crippen molar-refractivity contribution in [3.63, 3.8) is 0 Å². The van der Waals surface area contributed by atoms with Gasteiger partial charge in [0.05, 0.1) is 0 Å². The second kappa shape index (κ2) is 4.81. The van der Waals surface area contributed by atoms with Crippen molar-refractivity contribution < 1.29 is 4.39 Å². The number of anilines is 2. The van der Waals surface area contributed by atoms with E-state index in [0.29, 0.717) is 16.8 Å². The summed E-state index contributed by atoms with van der Waals surface area (Å²) in [6.07, 6.45) is 2.50. The highest BCUT2D eigenvalue weighted by Gasteiger charge is 2.20. The largest absolute Gasteiger partial charge is 0.399 e. The van der Waals surface area contributed by atoms with Crippen LogP contribution < -0.4 is 10.6 Å². The molecule has 1 aliphatic heterocycles. The Kier molecular flexibility index (Phi) is 3.14. The molecule has 0 amide bonds. The lowest BCUT2D eigenvalue weighted by atomic mass is 9.99. The van der Waals surface area contributed by atoms with Crippen LogP contribution >= 0.6 is 15.9 Å². The summed E-state index contributed by atoms with van der Waals surface area (Å²) < 4.78 is 14.6. The number of hydrogen-bond acceptors (Lipinski definition) is 3. The van der Waals surface area contributed by atoms with Gasteiger partial charge >= 0.3 is 0 Å². The van der Waals surface area contributed by atoms with Crippen LogP contribution in [0.2, 0.25) is 0 Å². The number of nitrogens with two attached hydrogens (primary N) is 1. The minimum absolute atomic E-state index is 0.304. The molecule has 0 radical (unpaired) electrons. The van der Waals surface area contributed by atoms with Crippen molar-refractivity contribution in [2.75, 3.05) is 17.2 Å². The van der Waals surface area contributed by atoms with E-state index >= 15 is 0 Å². The van der Waals surface area contributed by atoms with Crippen molar-refractivity contribution in [3.05, 3.63) is 51.9 Å². The molecule has 3 rings (SSSR count). The number of aromatic nitrogens is 1. The standard InChI is InChI=1S/C14H13BrFN3/c15-11-6-13(16)14(18-7-11)19-4-3-9-1-2-12(17)5-10(9)8-19/h1-2,5-7H,3-4,8,17H2. The zero-order valence-corrected chi connectivity index (χ0v) is 11.8. The Bertz CT molecular complexity index is 630. The molecule has 2 heterocycles. The van der Waals surface area contributed by atoms with Crippen LogP contribution in [0.5, 0.6) is 0 Å². The molecule has 0 saturated heterocycles.